The van der Waals surface area contributed by atoms with Gasteiger partial charge >= 0.3 is 0 Å². The predicted molar refractivity (Wildman–Crippen MR) is 73.1 cm³/mol. The second-order valence-corrected chi connectivity index (χ2v) is 6.10. The van der Waals surface area contributed by atoms with E-state index in [9.17, 15) is 0 Å². The Morgan fingerprint density at radius 2 is 2.18 bits per heavy atom. The molecule has 3 N–H and O–H groups in total. The Bertz CT molecular complexity index is 200. The number of nitrogens with two attached hydrogens (primary N) is 1. The summed E-state index contributed by atoms with van der Waals surface area (Å²) in [7, 11) is 0. The smallest absolute Gasteiger partial charge is 0.0779 e. The van der Waals surface area contributed by atoms with Crippen molar-refractivity contribution < 1.29 is 4.74 Å². The largest absolute Gasteiger partial charge is 0.374 e. The summed E-state index contributed by atoms with van der Waals surface area (Å²) in [6.45, 7) is 10.5. The molecule has 0 amide bonds. The van der Waals surface area contributed by atoms with Crippen LogP contribution >= 0.6 is 0 Å². The lowest BCUT2D eigenvalue weighted by molar-refractivity contribution is 0.0208. The van der Waals surface area contributed by atoms with E-state index in [0.29, 0.717) is 5.92 Å². The minimum Gasteiger partial charge on any atom is -0.374 e. The van der Waals surface area contributed by atoms with Crippen molar-refractivity contribution in [3.63, 3.8) is 0 Å². The highest BCUT2D eigenvalue weighted by Gasteiger charge is 2.28. The number of rotatable bonds is 8. The molecular formula is C14H30N2O. The monoisotopic (exact) mass is 242 g/mol. The van der Waals surface area contributed by atoms with Crippen molar-refractivity contribution in [2.75, 3.05) is 26.2 Å². The normalized spacial score (nSPS) is 26.6. The van der Waals surface area contributed by atoms with Crippen molar-refractivity contribution in [2.45, 2.75) is 52.1 Å². The predicted octanol–water partition coefficient (Wildman–Crippen LogP) is 2.16. The second kappa shape index (κ2) is 7.34. The highest BCUT2D eigenvalue weighted by molar-refractivity contribution is 4.82. The third-order valence-corrected chi connectivity index (χ3v) is 3.67. The molecule has 0 aromatic heterocycles. The number of nitrogens with one attached hydrogen (secondary N) is 1. The minimum absolute atomic E-state index is 0.0796. The highest BCUT2D eigenvalue weighted by atomic mass is 16.5. The Morgan fingerprint density at radius 3 is 2.71 bits per heavy atom. The van der Waals surface area contributed by atoms with Gasteiger partial charge in [-0.15, -0.1) is 0 Å². The molecule has 3 nitrogen and oxygen atoms in total. The van der Waals surface area contributed by atoms with E-state index in [1.165, 1.54) is 25.7 Å². The molecule has 2 unspecified atom stereocenters. The molecule has 17 heavy (non-hydrogen) atoms. The summed E-state index contributed by atoms with van der Waals surface area (Å²) in [6, 6.07) is 0. The van der Waals surface area contributed by atoms with Crippen LogP contribution < -0.4 is 11.1 Å². The Kier molecular flexibility index (Phi) is 6.45. The van der Waals surface area contributed by atoms with E-state index in [-0.39, 0.29) is 5.60 Å². The van der Waals surface area contributed by atoms with Crippen LogP contribution in [-0.4, -0.2) is 31.8 Å². The zero-order valence-corrected chi connectivity index (χ0v) is 11.8. The van der Waals surface area contributed by atoms with E-state index in [1.807, 2.05) is 0 Å². The summed E-state index contributed by atoms with van der Waals surface area (Å²) in [5, 5.41) is 3.53. The third-order valence-electron chi connectivity index (χ3n) is 3.67. The summed E-state index contributed by atoms with van der Waals surface area (Å²) >= 11 is 0. The topological polar surface area (TPSA) is 47.3 Å². The van der Waals surface area contributed by atoms with Gasteiger partial charge in [-0.05, 0) is 57.5 Å². The van der Waals surface area contributed by atoms with E-state index < -0.39 is 0 Å². The SMILES string of the molecule is CC(C)CC(CN)CCNCC1(C)CCCO1. The van der Waals surface area contributed by atoms with Crippen LogP contribution in [0.25, 0.3) is 0 Å². The fourth-order valence-corrected chi connectivity index (χ4v) is 2.63. The van der Waals surface area contributed by atoms with Gasteiger partial charge in [0.05, 0.1) is 5.60 Å². The summed E-state index contributed by atoms with van der Waals surface area (Å²) in [4.78, 5) is 0. The Balaban J connectivity index is 2.09. The van der Waals surface area contributed by atoms with Gasteiger partial charge in [-0.25, -0.2) is 0 Å². The molecule has 1 rings (SSSR count). The first-order valence-electron chi connectivity index (χ1n) is 7.10. The van der Waals surface area contributed by atoms with Crippen molar-refractivity contribution >= 4 is 0 Å². The van der Waals surface area contributed by atoms with Gasteiger partial charge in [0.1, 0.15) is 0 Å². The van der Waals surface area contributed by atoms with Gasteiger partial charge in [-0.2, -0.15) is 0 Å². The lowest BCUT2D eigenvalue weighted by Gasteiger charge is -2.24. The molecular weight excluding hydrogens is 212 g/mol. The fourth-order valence-electron chi connectivity index (χ4n) is 2.63. The van der Waals surface area contributed by atoms with Crippen LogP contribution in [0.15, 0.2) is 0 Å². The lowest BCUT2D eigenvalue weighted by atomic mass is 9.94. The van der Waals surface area contributed by atoms with Gasteiger partial charge in [0, 0.05) is 13.2 Å². The molecule has 0 aromatic carbocycles. The molecule has 0 aliphatic carbocycles. The van der Waals surface area contributed by atoms with Gasteiger partial charge in [-0.1, -0.05) is 13.8 Å². The zero-order chi connectivity index (χ0) is 12.7. The van der Waals surface area contributed by atoms with Gasteiger partial charge in [0.15, 0.2) is 0 Å². The highest BCUT2D eigenvalue weighted by Crippen LogP contribution is 2.23. The quantitative estimate of drug-likeness (QED) is 0.641. The molecule has 0 radical (unpaired) electrons. The summed E-state index contributed by atoms with van der Waals surface area (Å²) in [5.74, 6) is 1.42. The van der Waals surface area contributed by atoms with Crippen LogP contribution in [-0.2, 0) is 4.74 Å². The standard InChI is InChI=1S/C14H30N2O/c1-12(2)9-13(10-15)5-7-16-11-14(3)6-4-8-17-14/h12-13,16H,4-11,15H2,1-3H3. The molecule has 1 aliphatic rings. The molecule has 3 heteroatoms. The van der Waals surface area contributed by atoms with Crippen molar-refractivity contribution in [1.82, 2.24) is 5.32 Å². The van der Waals surface area contributed by atoms with Gasteiger partial charge in [0.25, 0.3) is 0 Å². The lowest BCUT2D eigenvalue weighted by Crippen LogP contribution is -2.38. The Morgan fingerprint density at radius 1 is 1.41 bits per heavy atom. The van der Waals surface area contributed by atoms with E-state index in [1.54, 1.807) is 0 Å². The van der Waals surface area contributed by atoms with Crippen molar-refractivity contribution in [1.29, 1.82) is 0 Å². The number of ether oxygens (including phenoxy) is 1. The fraction of sp³-hybridized carbons (Fsp3) is 1.00. The average Bonchev–Trinajstić information content (AvgIpc) is 2.69. The maximum atomic E-state index is 5.80. The van der Waals surface area contributed by atoms with E-state index in [0.717, 1.165) is 32.2 Å². The van der Waals surface area contributed by atoms with Crippen LogP contribution in [0.3, 0.4) is 0 Å². The summed E-state index contributed by atoms with van der Waals surface area (Å²) in [5.41, 5.74) is 5.88. The van der Waals surface area contributed by atoms with Crippen LogP contribution in [0.2, 0.25) is 0 Å². The summed E-state index contributed by atoms with van der Waals surface area (Å²) < 4.78 is 5.75. The van der Waals surface area contributed by atoms with Crippen molar-refractivity contribution in [3.8, 4) is 0 Å². The minimum atomic E-state index is 0.0796. The molecule has 0 saturated carbocycles. The maximum absolute atomic E-state index is 5.80. The molecule has 0 spiro atoms. The zero-order valence-electron chi connectivity index (χ0n) is 11.8. The second-order valence-electron chi connectivity index (χ2n) is 6.10. The van der Waals surface area contributed by atoms with Crippen molar-refractivity contribution in [2.24, 2.45) is 17.6 Å². The van der Waals surface area contributed by atoms with Crippen LogP contribution in [0.1, 0.15) is 46.5 Å². The molecule has 1 saturated heterocycles. The van der Waals surface area contributed by atoms with E-state index in [2.05, 4.69) is 26.1 Å². The molecule has 1 aliphatic heterocycles. The maximum Gasteiger partial charge on any atom is 0.0779 e. The Labute approximate surface area is 106 Å². The molecule has 102 valence electrons. The first-order chi connectivity index (χ1) is 8.06. The first-order valence-corrected chi connectivity index (χ1v) is 7.10. The molecule has 1 fully saturated rings. The molecule has 0 aromatic rings. The third kappa shape index (κ3) is 5.84. The first kappa shape index (κ1) is 14.9. The van der Waals surface area contributed by atoms with E-state index >= 15 is 0 Å². The summed E-state index contributed by atoms with van der Waals surface area (Å²) in [6.07, 6.45) is 4.82. The van der Waals surface area contributed by atoms with E-state index in [4.69, 9.17) is 10.5 Å². The molecule has 0 bridgehead atoms. The van der Waals surface area contributed by atoms with Crippen LogP contribution in [0, 0.1) is 11.8 Å². The van der Waals surface area contributed by atoms with Crippen molar-refractivity contribution in [3.05, 3.63) is 0 Å². The van der Waals surface area contributed by atoms with Crippen LogP contribution in [0.4, 0.5) is 0 Å². The molecule has 1 heterocycles. The van der Waals surface area contributed by atoms with Gasteiger partial charge in [-0.3, -0.25) is 0 Å². The molecule has 2 atom stereocenters. The number of hydrogen-bond acceptors (Lipinski definition) is 3. The Hall–Kier alpha value is -0.120. The van der Waals surface area contributed by atoms with Gasteiger partial charge < -0.3 is 15.8 Å². The average molecular weight is 242 g/mol. The van der Waals surface area contributed by atoms with Crippen LogP contribution in [0.5, 0.6) is 0 Å². The number of hydrogen-bond donors (Lipinski definition) is 2. The van der Waals surface area contributed by atoms with Gasteiger partial charge in [0.2, 0.25) is 0 Å².